The van der Waals surface area contributed by atoms with Gasteiger partial charge in [0.2, 0.25) is 0 Å². The van der Waals surface area contributed by atoms with Crippen LogP contribution >= 0.6 is 0 Å². The monoisotopic (exact) mass is 778 g/mol. The number of fused-ring (bicyclic) bond motifs is 3. The van der Waals surface area contributed by atoms with Crippen LogP contribution in [0.3, 0.4) is 0 Å². The number of hydrogen-bond acceptors (Lipinski definition) is 7. The molecule has 0 amide bonds. The molecular weight excluding hydrogens is 717 g/mol. The van der Waals surface area contributed by atoms with Gasteiger partial charge in [-0.2, -0.15) is 0 Å². The van der Waals surface area contributed by atoms with E-state index < -0.39 is 14.2 Å². The van der Waals surface area contributed by atoms with Crippen molar-refractivity contribution in [2.45, 2.75) is 110 Å². The quantitative estimate of drug-likeness (QED) is 0.0456. The molecule has 2 atom stereocenters. The average Bonchev–Trinajstić information content (AvgIpc) is 4.17. The fourth-order valence-corrected chi connectivity index (χ4v) is 11.2. The number of rotatable bonds is 24. The lowest BCUT2D eigenvalue weighted by Gasteiger charge is -2.36. The molecule has 2 heterocycles. The molecule has 300 valence electrons. The predicted molar refractivity (Wildman–Crippen MR) is 225 cm³/mol. The fourth-order valence-electron chi connectivity index (χ4n) is 8.62. The third-order valence-electron chi connectivity index (χ3n) is 11.4. The summed E-state index contributed by atoms with van der Waals surface area (Å²) >= 11 is 0. The Hall–Kier alpha value is -3.50. The highest BCUT2D eigenvalue weighted by Crippen LogP contribution is 2.57. The third-order valence-corrected chi connectivity index (χ3v) is 14.5. The van der Waals surface area contributed by atoms with Gasteiger partial charge in [0.15, 0.2) is 0 Å². The molecule has 0 spiro atoms. The zero-order valence-corrected chi connectivity index (χ0v) is 35.3. The molecule has 0 N–H and O–H groups in total. The lowest BCUT2D eigenvalue weighted by atomic mass is 9.66. The van der Waals surface area contributed by atoms with Gasteiger partial charge in [-0.15, -0.1) is 0 Å². The average molecular weight is 779 g/mol. The molecule has 2 fully saturated rings. The second kappa shape index (κ2) is 18.8. The van der Waals surface area contributed by atoms with Gasteiger partial charge in [0.05, 0.1) is 18.6 Å². The second-order valence-electron chi connectivity index (χ2n) is 15.4. The van der Waals surface area contributed by atoms with Crippen LogP contribution in [0.5, 0.6) is 11.5 Å². The summed E-state index contributed by atoms with van der Waals surface area (Å²) in [7, 11) is -2.84. The van der Waals surface area contributed by atoms with Gasteiger partial charge in [0.25, 0.3) is 0 Å². The molecule has 2 saturated heterocycles. The predicted octanol–water partition coefficient (Wildman–Crippen LogP) is 10.3. The van der Waals surface area contributed by atoms with Crippen molar-refractivity contribution in [3.05, 3.63) is 118 Å². The standard InChI is InChI=1S/C48H62O7Si/c1-6-11-18-35-28-38(25-26-46(35)51-33-40-31-49-40)48(44-23-15-13-21-42(44)43-22-14-16-24-45(43)48)39-29-36(19-12-7-2)47(52-34-41-32-50-41)37(30-39)20-17-27-56(53-8-3,54-9-4)55-10-5/h13-16,21-26,28-30,40-41H,6-12,17-20,27,31-34H2,1-5H3. The van der Waals surface area contributed by atoms with E-state index in [1.165, 1.54) is 50.1 Å². The molecule has 0 saturated carbocycles. The van der Waals surface area contributed by atoms with Crippen molar-refractivity contribution >= 4 is 8.80 Å². The molecule has 1 aliphatic carbocycles. The number of hydrogen-bond donors (Lipinski definition) is 0. The Morgan fingerprint density at radius 2 is 1.09 bits per heavy atom. The highest BCUT2D eigenvalue weighted by atomic mass is 28.4. The van der Waals surface area contributed by atoms with E-state index in [9.17, 15) is 0 Å². The Morgan fingerprint density at radius 1 is 0.589 bits per heavy atom. The Labute approximate surface area is 336 Å². The molecule has 4 aromatic carbocycles. The minimum Gasteiger partial charge on any atom is -0.491 e. The maximum absolute atomic E-state index is 6.81. The van der Waals surface area contributed by atoms with E-state index in [1.807, 2.05) is 20.8 Å². The van der Waals surface area contributed by atoms with E-state index >= 15 is 0 Å². The number of aryl methyl sites for hydroxylation is 3. The molecule has 56 heavy (non-hydrogen) atoms. The number of ether oxygens (including phenoxy) is 4. The van der Waals surface area contributed by atoms with Gasteiger partial charge in [-0.1, -0.05) is 99.5 Å². The summed E-state index contributed by atoms with van der Waals surface area (Å²) < 4.78 is 43.4. The van der Waals surface area contributed by atoms with Gasteiger partial charge in [0, 0.05) is 25.9 Å². The van der Waals surface area contributed by atoms with E-state index in [-0.39, 0.29) is 12.2 Å². The highest BCUT2D eigenvalue weighted by Gasteiger charge is 2.47. The molecule has 0 bridgehead atoms. The fraction of sp³-hybridized carbons (Fsp3) is 0.500. The van der Waals surface area contributed by atoms with Crippen molar-refractivity contribution in [1.29, 1.82) is 0 Å². The topological polar surface area (TPSA) is 71.2 Å². The van der Waals surface area contributed by atoms with Gasteiger partial charge in [0.1, 0.15) is 36.9 Å². The van der Waals surface area contributed by atoms with Crippen molar-refractivity contribution < 1.29 is 32.2 Å². The van der Waals surface area contributed by atoms with Crippen LogP contribution in [0.25, 0.3) is 11.1 Å². The van der Waals surface area contributed by atoms with E-state index in [0.29, 0.717) is 33.0 Å². The summed E-state index contributed by atoms with van der Waals surface area (Å²) in [6.45, 7) is 15.0. The summed E-state index contributed by atoms with van der Waals surface area (Å²) in [4.78, 5) is 0. The van der Waals surface area contributed by atoms with Crippen molar-refractivity contribution in [2.24, 2.45) is 0 Å². The first kappa shape index (κ1) is 40.7. The summed E-state index contributed by atoms with van der Waals surface area (Å²) in [5.74, 6) is 1.98. The highest BCUT2D eigenvalue weighted by molar-refractivity contribution is 6.60. The smallest absolute Gasteiger partial charge is 0.491 e. The first-order valence-corrected chi connectivity index (χ1v) is 23.3. The minimum absolute atomic E-state index is 0.157. The normalized spacial score (nSPS) is 17.7. The van der Waals surface area contributed by atoms with Gasteiger partial charge < -0.3 is 32.2 Å². The molecule has 0 aromatic heterocycles. The van der Waals surface area contributed by atoms with Crippen molar-refractivity contribution in [1.82, 2.24) is 0 Å². The largest absolute Gasteiger partial charge is 0.500 e. The molecule has 2 aliphatic heterocycles. The molecule has 3 aliphatic rings. The van der Waals surface area contributed by atoms with Crippen LogP contribution in [0.2, 0.25) is 6.04 Å². The summed E-state index contributed by atoms with van der Waals surface area (Å²) in [5.41, 5.74) is 10.9. The zero-order valence-electron chi connectivity index (χ0n) is 34.3. The number of benzene rings is 4. The Bertz CT molecular complexity index is 1840. The van der Waals surface area contributed by atoms with Crippen molar-refractivity contribution in [3.63, 3.8) is 0 Å². The van der Waals surface area contributed by atoms with Gasteiger partial charge >= 0.3 is 8.80 Å². The van der Waals surface area contributed by atoms with Crippen LogP contribution in [-0.4, -0.2) is 67.3 Å². The first-order valence-electron chi connectivity index (χ1n) is 21.4. The molecule has 4 aromatic rings. The molecule has 7 rings (SSSR count). The van der Waals surface area contributed by atoms with E-state index in [2.05, 4.69) is 92.7 Å². The van der Waals surface area contributed by atoms with Crippen molar-refractivity contribution in [3.8, 4) is 22.6 Å². The molecule has 8 heteroatoms. The lowest BCUT2D eigenvalue weighted by Crippen LogP contribution is -2.46. The van der Waals surface area contributed by atoms with Gasteiger partial charge in [-0.3, -0.25) is 0 Å². The first-order chi connectivity index (χ1) is 27.5. The third kappa shape index (κ3) is 8.81. The maximum Gasteiger partial charge on any atom is 0.500 e. The summed E-state index contributed by atoms with van der Waals surface area (Å²) in [6.07, 6.45) is 8.30. The Kier molecular flexibility index (Phi) is 13.7. The Balaban J connectivity index is 1.41. The lowest BCUT2D eigenvalue weighted by molar-refractivity contribution is 0.0708. The number of epoxide rings is 2. The van der Waals surface area contributed by atoms with Gasteiger partial charge in [-0.25, -0.2) is 0 Å². The van der Waals surface area contributed by atoms with Crippen LogP contribution in [0.1, 0.15) is 106 Å². The van der Waals surface area contributed by atoms with E-state index in [4.69, 9.17) is 32.2 Å². The summed E-state index contributed by atoms with van der Waals surface area (Å²) in [6, 6.07) is 30.7. The number of unbranched alkanes of at least 4 members (excludes halogenated alkanes) is 2. The zero-order chi connectivity index (χ0) is 39.0. The molecule has 7 nitrogen and oxygen atoms in total. The maximum atomic E-state index is 6.81. The van der Waals surface area contributed by atoms with Crippen LogP contribution in [-0.2, 0) is 47.4 Å². The van der Waals surface area contributed by atoms with Crippen LogP contribution in [0.4, 0.5) is 0 Å². The molecular formula is C48H62O7Si. The SMILES string of the molecule is CCCCc1cc(C2(c3cc(CCCC)c(OCC4CO4)c(CCC[Si](OCC)(OCC)OCC)c3)c3ccccc3-c3ccccc32)ccc1OCC1CO1. The Morgan fingerprint density at radius 3 is 1.62 bits per heavy atom. The van der Waals surface area contributed by atoms with Crippen LogP contribution < -0.4 is 9.47 Å². The van der Waals surface area contributed by atoms with E-state index in [1.54, 1.807) is 0 Å². The summed E-state index contributed by atoms with van der Waals surface area (Å²) in [5, 5.41) is 0. The van der Waals surface area contributed by atoms with Crippen molar-refractivity contribution in [2.75, 3.05) is 46.2 Å². The molecule has 0 radical (unpaired) electrons. The van der Waals surface area contributed by atoms with E-state index in [0.717, 1.165) is 82.1 Å². The van der Waals surface area contributed by atoms with Gasteiger partial charge in [-0.05, 0) is 115 Å². The molecule has 2 unspecified atom stereocenters. The van der Waals surface area contributed by atoms with Crippen LogP contribution in [0, 0.1) is 0 Å². The van der Waals surface area contributed by atoms with Crippen LogP contribution in [0.15, 0.2) is 78.9 Å². The second-order valence-corrected chi connectivity index (χ2v) is 18.1. The minimum atomic E-state index is -2.84.